The number of rotatable bonds is 23. The molecule has 1 heterocycles. The lowest BCUT2D eigenvalue weighted by atomic mass is 10.0. The van der Waals surface area contributed by atoms with Gasteiger partial charge < -0.3 is 15.6 Å². The summed E-state index contributed by atoms with van der Waals surface area (Å²) in [4.78, 5) is 0. The second-order valence-electron chi connectivity index (χ2n) is 10.2. The molecule has 0 aromatic heterocycles. The van der Waals surface area contributed by atoms with E-state index in [-0.39, 0.29) is 12.1 Å². The Hall–Kier alpha value is -0.640. The third-order valence-electron chi connectivity index (χ3n) is 6.99. The Morgan fingerprint density at radius 2 is 1.06 bits per heavy atom. The zero-order chi connectivity index (χ0) is 23.8. The number of nitrogens with two attached hydrogens (primary N) is 1. The molecule has 3 atom stereocenters. The SMILES string of the molecule is CCCCCCCCCCCCCCCCC=CCCC=CCCCC[C@@H]1OC[C@H](N)[C@@H]1O. The van der Waals surface area contributed by atoms with Crippen LogP contribution in [-0.4, -0.2) is 30.0 Å². The molecule has 0 bridgehead atoms. The van der Waals surface area contributed by atoms with E-state index in [1.807, 2.05) is 0 Å². The minimum absolute atomic E-state index is 0.0474. The molecule has 0 saturated carbocycles. The minimum Gasteiger partial charge on any atom is -0.389 e. The monoisotopic (exact) mass is 463 g/mol. The number of ether oxygens (including phenoxy) is 1. The average molecular weight is 464 g/mol. The van der Waals surface area contributed by atoms with E-state index in [0.29, 0.717) is 6.61 Å². The highest BCUT2D eigenvalue weighted by Crippen LogP contribution is 2.19. The summed E-state index contributed by atoms with van der Waals surface area (Å²) < 4.78 is 5.53. The normalized spacial score (nSPS) is 21.1. The van der Waals surface area contributed by atoms with Crippen LogP contribution in [0.5, 0.6) is 0 Å². The highest BCUT2D eigenvalue weighted by atomic mass is 16.5. The van der Waals surface area contributed by atoms with Crippen molar-refractivity contribution in [3.05, 3.63) is 24.3 Å². The van der Waals surface area contributed by atoms with Crippen molar-refractivity contribution in [2.75, 3.05) is 6.61 Å². The predicted octanol–water partition coefficient (Wildman–Crippen LogP) is 8.40. The molecule has 1 aliphatic rings. The molecule has 0 aromatic rings. The van der Waals surface area contributed by atoms with E-state index >= 15 is 0 Å². The summed E-state index contributed by atoms with van der Waals surface area (Å²) in [5.74, 6) is 0. The molecule has 0 amide bonds. The van der Waals surface area contributed by atoms with Gasteiger partial charge in [-0.2, -0.15) is 0 Å². The van der Waals surface area contributed by atoms with Crippen molar-refractivity contribution in [3.63, 3.8) is 0 Å². The fraction of sp³-hybridized carbons (Fsp3) is 0.867. The van der Waals surface area contributed by atoms with Gasteiger partial charge in [0, 0.05) is 0 Å². The van der Waals surface area contributed by atoms with Gasteiger partial charge in [-0.05, 0) is 44.9 Å². The molecule has 0 spiro atoms. The van der Waals surface area contributed by atoms with E-state index in [1.54, 1.807) is 0 Å². The van der Waals surface area contributed by atoms with Crippen molar-refractivity contribution in [2.24, 2.45) is 5.73 Å². The van der Waals surface area contributed by atoms with Gasteiger partial charge in [0.15, 0.2) is 0 Å². The third-order valence-corrected chi connectivity index (χ3v) is 6.99. The maximum absolute atomic E-state index is 9.87. The van der Waals surface area contributed by atoms with E-state index in [0.717, 1.165) is 38.5 Å². The zero-order valence-electron chi connectivity index (χ0n) is 22.0. The molecule has 3 N–H and O–H groups in total. The molecule has 0 aliphatic carbocycles. The minimum atomic E-state index is -0.475. The Morgan fingerprint density at radius 3 is 1.52 bits per heavy atom. The largest absolute Gasteiger partial charge is 0.389 e. The first-order valence-corrected chi connectivity index (χ1v) is 14.6. The first kappa shape index (κ1) is 30.4. The number of hydrogen-bond donors (Lipinski definition) is 2. The van der Waals surface area contributed by atoms with Crippen molar-refractivity contribution in [3.8, 4) is 0 Å². The van der Waals surface area contributed by atoms with Gasteiger partial charge in [0.25, 0.3) is 0 Å². The van der Waals surface area contributed by atoms with E-state index in [4.69, 9.17) is 10.5 Å². The lowest BCUT2D eigenvalue weighted by Gasteiger charge is -2.14. The van der Waals surface area contributed by atoms with Crippen LogP contribution in [0.3, 0.4) is 0 Å². The van der Waals surface area contributed by atoms with Crippen LogP contribution in [0.1, 0.15) is 142 Å². The van der Waals surface area contributed by atoms with Crippen LogP contribution in [0.4, 0.5) is 0 Å². The van der Waals surface area contributed by atoms with Crippen molar-refractivity contribution in [1.29, 1.82) is 0 Å². The maximum atomic E-state index is 9.87. The van der Waals surface area contributed by atoms with E-state index in [2.05, 4.69) is 31.2 Å². The maximum Gasteiger partial charge on any atom is 0.0974 e. The molecule has 1 rings (SSSR count). The van der Waals surface area contributed by atoms with Gasteiger partial charge in [0.1, 0.15) is 0 Å². The van der Waals surface area contributed by atoms with Crippen LogP contribution in [0.15, 0.2) is 24.3 Å². The molecule has 0 aromatic carbocycles. The highest BCUT2D eigenvalue weighted by molar-refractivity contribution is 4.89. The second kappa shape index (κ2) is 23.1. The van der Waals surface area contributed by atoms with Crippen LogP contribution in [-0.2, 0) is 4.74 Å². The molecule has 3 heteroatoms. The van der Waals surface area contributed by atoms with Gasteiger partial charge in [0.2, 0.25) is 0 Å². The Balaban J connectivity index is 1.73. The summed E-state index contributed by atoms with van der Waals surface area (Å²) in [5, 5.41) is 9.87. The van der Waals surface area contributed by atoms with Gasteiger partial charge in [-0.25, -0.2) is 0 Å². The zero-order valence-corrected chi connectivity index (χ0v) is 22.0. The molecule has 1 fully saturated rings. The van der Waals surface area contributed by atoms with Gasteiger partial charge in [-0.15, -0.1) is 0 Å². The molecule has 0 radical (unpaired) electrons. The first-order chi connectivity index (χ1) is 16.3. The average Bonchev–Trinajstić information content (AvgIpc) is 3.14. The Kier molecular flexibility index (Phi) is 21.3. The molecule has 1 saturated heterocycles. The van der Waals surface area contributed by atoms with Crippen LogP contribution in [0, 0.1) is 0 Å². The quantitative estimate of drug-likeness (QED) is 0.118. The van der Waals surface area contributed by atoms with Crippen molar-refractivity contribution in [1.82, 2.24) is 0 Å². The summed E-state index contributed by atoms with van der Waals surface area (Å²) in [5.41, 5.74) is 5.77. The van der Waals surface area contributed by atoms with Crippen LogP contribution < -0.4 is 5.73 Å². The Morgan fingerprint density at radius 1 is 0.636 bits per heavy atom. The van der Waals surface area contributed by atoms with Gasteiger partial charge in [0.05, 0.1) is 24.9 Å². The number of hydrogen-bond acceptors (Lipinski definition) is 3. The fourth-order valence-corrected chi connectivity index (χ4v) is 4.69. The van der Waals surface area contributed by atoms with Crippen LogP contribution in [0.25, 0.3) is 0 Å². The topological polar surface area (TPSA) is 55.5 Å². The molecule has 0 unspecified atom stereocenters. The lowest BCUT2D eigenvalue weighted by Crippen LogP contribution is -2.36. The first-order valence-electron chi connectivity index (χ1n) is 14.6. The van der Waals surface area contributed by atoms with Crippen molar-refractivity contribution < 1.29 is 9.84 Å². The number of allylic oxidation sites excluding steroid dienone is 4. The molecular formula is C30H57NO2. The van der Waals surface area contributed by atoms with Crippen LogP contribution in [0.2, 0.25) is 0 Å². The van der Waals surface area contributed by atoms with Crippen molar-refractivity contribution in [2.45, 2.75) is 160 Å². The third kappa shape index (κ3) is 18.4. The molecular weight excluding hydrogens is 406 g/mol. The summed E-state index contributed by atoms with van der Waals surface area (Å²) >= 11 is 0. The Labute approximate surface area is 206 Å². The predicted molar refractivity (Wildman–Crippen MR) is 145 cm³/mol. The molecule has 33 heavy (non-hydrogen) atoms. The standard InChI is InChI=1S/C30H57NO2/c1-2-3-4-5-6-7-8-9-10-11-12-13-14-15-16-17-18-19-20-21-22-23-24-25-26-29-30(32)28(31)27-33-29/h17-18,21-22,28-30,32H,2-16,19-20,23-27,31H2,1H3/t28-,29-,30-/m0/s1. The van der Waals surface area contributed by atoms with E-state index in [1.165, 1.54) is 96.3 Å². The summed E-state index contributed by atoms with van der Waals surface area (Å²) in [6.45, 7) is 2.79. The summed E-state index contributed by atoms with van der Waals surface area (Å²) in [6.07, 6.45) is 36.7. The molecule has 1 aliphatic heterocycles. The number of aliphatic hydroxyl groups excluding tert-OH is 1. The van der Waals surface area contributed by atoms with Gasteiger partial charge in [-0.1, -0.05) is 121 Å². The van der Waals surface area contributed by atoms with Crippen molar-refractivity contribution >= 4 is 0 Å². The molecule has 3 nitrogen and oxygen atoms in total. The van der Waals surface area contributed by atoms with Gasteiger partial charge >= 0.3 is 0 Å². The Bertz CT molecular complexity index is 462. The summed E-state index contributed by atoms with van der Waals surface area (Å²) in [6, 6.07) is -0.197. The number of unbranched alkanes of at least 4 members (excludes halogenated alkanes) is 17. The number of aliphatic hydroxyl groups is 1. The second-order valence-corrected chi connectivity index (χ2v) is 10.2. The van der Waals surface area contributed by atoms with Gasteiger partial charge in [-0.3, -0.25) is 0 Å². The lowest BCUT2D eigenvalue weighted by molar-refractivity contribution is 0.0344. The van der Waals surface area contributed by atoms with E-state index in [9.17, 15) is 5.11 Å². The van der Waals surface area contributed by atoms with E-state index < -0.39 is 6.10 Å². The fourth-order valence-electron chi connectivity index (χ4n) is 4.69. The molecule has 194 valence electrons. The smallest absolute Gasteiger partial charge is 0.0974 e. The highest BCUT2D eigenvalue weighted by Gasteiger charge is 2.32. The van der Waals surface area contributed by atoms with Crippen LogP contribution >= 0.6 is 0 Å². The summed E-state index contributed by atoms with van der Waals surface area (Å²) in [7, 11) is 0.